The van der Waals surface area contributed by atoms with Crippen molar-refractivity contribution in [1.29, 1.82) is 0 Å². The largest absolute Gasteiger partial charge is 0.827 e. The highest BCUT2D eigenvalue weighted by molar-refractivity contribution is 7.59. The number of hydrogen-bond acceptors (Lipinski definition) is 3. The predicted molar refractivity (Wildman–Crippen MR) is 212 cm³/mol. The number of rotatable bonds is 35. The monoisotopic (exact) mass is 696 g/mol. The first-order chi connectivity index (χ1) is 22.7. The Morgan fingerprint density at radius 1 is 0.596 bits per heavy atom. The van der Waals surface area contributed by atoms with Gasteiger partial charge in [0.15, 0.2) is 11.3 Å². The van der Waals surface area contributed by atoms with Gasteiger partial charge in [-0.15, -0.1) is 5.48 Å². The van der Waals surface area contributed by atoms with Crippen LogP contribution < -0.4 is 5.11 Å². The van der Waals surface area contributed by atoms with Crippen LogP contribution in [0.25, 0.3) is 0 Å². The van der Waals surface area contributed by atoms with E-state index < -0.39 is 5.85 Å². The standard InChI is InChI=1S/C41H79NO3P2/c1-6-8-10-12-14-16-18-20-22-24-26-28-30-32-34-36-38(43)46-40(42(3,4)5)41(45)47-39(44)37-35-33-31-29-27-25-23-21-19-17-15-13-11-9-7-2/h20-23,40-41,45,47H,6-19,24-37H2,1-5H3/b22-20+,23-21+. The smallest absolute Gasteiger partial charge is 0.158 e. The molecule has 0 rings (SSSR count). The first kappa shape index (κ1) is 46.6. The van der Waals surface area contributed by atoms with Crippen molar-refractivity contribution in [2.75, 3.05) is 21.1 Å². The Kier molecular flexibility index (Phi) is 33.8. The van der Waals surface area contributed by atoms with Crippen LogP contribution in [0.5, 0.6) is 0 Å². The Labute approximate surface area is 297 Å². The van der Waals surface area contributed by atoms with Gasteiger partial charge in [0, 0.05) is 6.42 Å². The summed E-state index contributed by atoms with van der Waals surface area (Å²) in [4.78, 5) is 12.7. The van der Waals surface area contributed by atoms with Crippen molar-refractivity contribution in [3.05, 3.63) is 24.3 Å². The summed E-state index contributed by atoms with van der Waals surface area (Å²) in [5, 5.41) is 23.8. The number of aliphatic hydroxyl groups excluding tert-OH is 1. The van der Waals surface area contributed by atoms with E-state index in [0.29, 0.717) is 25.5 Å². The van der Waals surface area contributed by atoms with E-state index in [1.165, 1.54) is 141 Å². The minimum Gasteiger partial charge on any atom is -0.827 e. The number of nitrogens with zero attached hydrogens (tertiary/aromatic N) is 1. The number of aliphatic hydroxyl groups is 1. The molecule has 0 aliphatic heterocycles. The fourth-order valence-corrected chi connectivity index (χ4v) is 8.66. The van der Waals surface area contributed by atoms with E-state index in [4.69, 9.17) is 0 Å². The fourth-order valence-electron chi connectivity index (χ4n) is 5.89. The summed E-state index contributed by atoms with van der Waals surface area (Å²) in [5.74, 6) is -0.993. The van der Waals surface area contributed by atoms with Gasteiger partial charge in [-0.05, 0) is 72.8 Å². The third-order valence-corrected chi connectivity index (χ3v) is 12.2. The summed E-state index contributed by atoms with van der Waals surface area (Å²) in [5.41, 5.74) is 0.364. The van der Waals surface area contributed by atoms with Crippen LogP contribution in [0.15, 0.2) is 24.3 Å². The molecule has 0 aromatic rings. The van der Waals surface area contributed by atoms with Gasteiger partial charge >= 0.3 is 0 Å². The van der Waals surface area contributed by atoms with Crippen molar-refractivity contribution in [3.8, 4) is 0 Å². The van der Waals surface area contributed by atoms with E-state index in [9.17, 15) is 15.0 Å². The molecule has 0 aliphatic carbocycles. The summed E-state index contributed by atoms with van der Waals surface area (Å²) in [6.07, 6.45) is 43.0. The molecule has 0 fully saturated rings. The van der Waals surface area contributed by atoms with E-state index in [1.807, 2.05) is 21.1 Å². The van der Waals surface area contributed by atoms with Gasteiger partial charge in [-0.3, -0.25) is 4.79 Å². The molecular weight excluding hydrogens is 616 g/mol. The summed E-state index contributed by atoms with van der Waals surface area (Å²) in [7, 11) is 6.60. The Bertz CT molecular complexity index is 790. The van der Waals surface area contributed by atoms with Crippen LogP contribution in [0.3, 0.4) is 0 Å². The van der Waals surface area contributed by atoms with Gasteiger partial charge in [0.05, 0.1) is 21.1 Å². The second-order valence-corrected chi connectivity index (χ2v) is 17.5. The maximum atomic E-state index is 12.8. The van der Waals surface area contributed by atoms with Gasteiger partial charge in [0.1, 0.15) is 5.85 Å². The van der Waals surface area contributed by atoms with Crippen LogP contribution >= 0.6 is 16.8 Å². The van der Waals surface area contributed by atoms with Crippen molar-refractivity contribution in [3.63, 3.8) is 0 Å². The van der Waals surface area contributed by atoms with Crippen molar-refractivity contribution >= 4 is 27.8 Å². The van der Waals surface area contributed by atoms with E-state index in [1.54, 1.807) is 0 Å². The topological polar surface area (TPSA) is 60.4 Å². The molecule has 0 aromatic carbocycles. The lowest BCUT2D eigenvalue weighted by atomic mass is 10.1. The van der Waals surface area contributed by atoms with Crippen LogP contribution in [-0.2, 0) is 4.79 Å². The number of quaternary nitrogens is 1. The average molecular weight is 696 g/mol. The lowest BCUT2D eigenvalue weighted by Gasteiger charge is -2.35. The molecular formula is C41H79NO3P2. The highest BCUT2D eigenvalue weighted by Gasteiger charge is 2.31. The Morgan fingerprint density at radius 3 is 1.32 bits per heavy atom. The summed E-state index contributed by atoms with van der Waals surface area (Å²) < 4.78 is 0.495. The molecule has 1 N–H and O–H groups in total. The van der Waals surface area contributed by atoms with Crippen LogP contribution in [-0.4, -0.2) is 53.4 Å². The molecule has 0 heterocycles. The molecule has 6 heteroatoms. The number of carbonyl (C=O) groups excluding carboxylic acids is 1. The number of carbonyl (C=O) groups is 1. The lowest BCUT2D eigenvalue weighted by Crippen LogP contribution is -2.48. The van der Waals surface area contributed by atoms with E-state index >= 15 is 0 Å². The van der Waals surface area contributed by atoms with Crippen LogP contribution in [0.2, 0.25) is 0 Å². The van der Waals surface area contributed by atoms with Gasteiger partial charge in [-0.2, -0.15) is 0 Å². The van der Waals surface area contributed by atoms with Gasteiger partial charge < -0.3 is 14.7 Å². The van der Waals surface area contributed by atoms with Gasteiger partial charge in [0.25, 0.3) is 0 Å². The maximum Gasteiger partial charge on any atom is 0.158 e. The normalized spacial score (nSPS) is 14.3. The average Bonchev–Trinajstić information content (AvgIpc) is 3.03. The first-order valence-electron chi connectivity index (χ1n) is 20.0. The van der Waals surface area contributed by atoms with Crippen molar-refractivity contribution < 1.29 is 19.5 Å². The number of likely N-dealkylation sites (N-methyl/N-ethyl adjacent to an activating group) is 1. The Hall–Kier alpha value is -0.370. The van der Waals surface area contributed by atoms with E-state index in [0.717, 1.165) is 25.7 Å². The summed E-state index contributed by atoms with van der Waals surface area (Å²) in [6, 6.07) is 0. The molecule has 0 saturated heterocycles. The van der Waals surface area contributed by atoms with Crippen LogP contribution in [0.4, 0.5) is 0 Å². The van der Waals surface area contributed by atoms with Crippen molar-refractivity contribution in [1.82, 2.24) is 0 Å². The number of allylic oxidation sites excluding steroid dienone is 4. The van der Waals surface area contributed by atoms with E-state index in [-0.39, 0.29) is 25.4 Å². The molecule has 0 bridgehead atoms. The maximum absolute atomic E-state index is 12.8. The molecule has 4 nitrogen and oxygen atoms in total. The fraction of sp³-hybridized carbons (Fsp3) is 0.854. The third kappa shape index (κ3) is 32.6. The first-order valence-corrected chi connectivity index (χ1v) is 22.1. The minimum absolute atomic E-state index is 0.128. The van der Waals surface area contributed by atoms with Crippen molar-refractivity contribution in [2.24, 2.45) is 0 Å². The quantitative estimate of drug-likeness (QED) is 0.0311. The van der Waals surface area contributed by atoms with Gasteiger partial charge in [-0.1, -0.05) is 156 Å². The van der Waals surface area contributed by atoms with Gasteiger partial charge in [0.2, 0.25) is 0 Å². The highest BCUT2D eigenvalue weighted by Crippen LogP contribution is 2.33. The van der Waals surface area contributed by atoms with Crippen LogP contribution in [0.1, 0.15) is 194 Å². The third-order valence-electron chi connectivity index (χ3n) is 8.98. The van der Waals surface area contributed by atoms with Gasteiger partial charge in [-0.25, -0.2) is 0 Å². The van der Waals surface area contributed by atoms with E-state index in [2.05, 4.69) is 38.2 Å². The second-order valence-electron chi connectivity index (χ2n) is 14.7. The summed E-state index contributed by atoms with van der Waals surface area (Å²) >= 11 is 0. The molecule has 3 atom stereocenters. The SMILES string of the molecule is CCCCCCCC/C=C/CCCCCCCC(=O)PC(O)C(P=C([O-])CCCCCCC/C=C/CCCCCCCC)[N+](C)(C)C. The molecule has 47 heavy (non-hydrogen) atoms. The minimum atomic E-state index is -0.745. The molecule has 0 saturated carbocycles. The molecule has 276 valence electrons. The second kappa shape index (κ2) is 34.1. The predicted octanol–water partition coefficient (Wildman–Crippen LogP) is 12.1. The van der Waals surface area contributed by atoms with Crippen molar-refractivity contribution in [2.45, 2.75) is 205 Å². The number of hydrogen-bond donors (Lipinski definition) is 1. The molecule has 0 radical (unpaired) electrons. The lowest BCUT2D eigenvalue weighted by molar-refractivity contribution is -0.882. The summed E-state index contributed by atoms with van der Waals surface area (Å²) in [6.45, 7) is 4.53. The molecule has 3 unspecified atom stereocenters. The Balaban J connectivity index is 4.03. The highest BCUT2D eigenvalue weighted by atomic mass is 31.1. The zero-order chi connectivity index (χ0) is 34.9. The molecule has 0 aromatic heterocycles. The molecule has 0 spiro atoms. The zero-order valence-electron chi connectivity index (χ0n) is 31.9. The zero-order valence-corrected chi connectivity index (χ0v) is 33.8. The number of unbranched alkanes of at least 4 members (excludes halogenated alkanes) is 22. The van der Waals surface area contributed by atoms with Crippen LogP contribution in [0, 0.1) is 0 Å². The Morgan fingerprint density at radius 2 is 0.936 bits per heavy atom. The molecule has 0 amide bonds. The molecule has 0 aliphatic rings.